The summed E-state index contributed by atoms with van der Waals surface area (Å²) < 4.78 is 83.8. The summed E-state index contributed by atoms with van der Waals surface area (Å²) in [6, 6.07) is 68.0. The number of amides is 5. The molecule has 32 heteroatoms. The molecule has 3 heterocycles. The molecule has 1 saturated carbocycles. The minimum atomic E-state index is -4.41. The second-order valence-corrected chi connectivity index (χ2v) is 40.0. The van der Waals surface area contributed by atoms with Crippen molar-refractivity contribution in [3.63, 3.8) is 0 Å². The molecule has 10 N–H and O–H groups in total. The predicted octanol–water partition coefficient (Wildman–Crippen LogP) is 21.5. The molecule has 5 amide bonds. The van der Waals surface area contributed by atoms with E-state index in [0.717, 1.165) is 115 Å². The zero-order valence-corrected chi connectivity index (χ0v) is 87.3. The fourth-order valence-electron chi connectivity index (χ4n) is 16.5. The number of benzene rings is 10. The molecule has 796 valence electrons. The minimum absolute atomic E-state index is 0.00405. The van der Waals surface area contributed by atoms with Crippen molar-refractivity contribution in [1.29, 1.82) is 0 Å². The fraction of sp³-hybridized carbons (Fsp3) is 0.402. The van der Waals surface area contributed by atoms with Gasteiger partial charge in [0.25, 0.3) is 0 Å². The molecule has 3 aliphatic heterocycles. The Morgan fingerprint density at radius 1 is 0.329 bits per heavy atom. The molecule has 4 unspecified atom stereocenters. The van der Waals surface area contributed by atoms with E-state index in [1.807, 2.05) is 145 Å². The zero-order chi connectivity index (χ0) is 109. The van der Waals surface area contributed by atoms with Gasteiger partial charge in [0, 0.05) is 22.8 Å². The molecule has 14 rings (SSSR count). The molecule has 28 nitrogen and oxygen atoms in total. The third-order valence-corrected chi connectivity index (χ3v) is 26.3. The van der Waals surface area contributed by atoms with Crippen LogP contribution in [0.5, 0.6) is 0 Å². The van der Waals surface area contributed by atoms with Crippen molar-refractivity contribution in [2.24, 2.45) is 29.6 Å². The molecule has 0 aromatic heterocycles. The van der Waals surface area contributed by atoms with Crippen LogP contribution in [-0.4, -0.2) is 155 Å². The molecule has 0 bridgehead atoms. The van der Waals surface area contributed by atoms with Gasteiger partial charge in [0.05, 0.1) is 135 Å². The van der Waals surface area contributed by atoms with Gasteiger partial charge < -0.3 is 90.0 Å². The molecule has 0 spiro atoms. The molecule has 3 saturated heterocycles. The van der Waals surface area contributed by atoms with Gasteiger partial charge in [-0.05, 0) is 234 Å². The van der Waals surface area contributed by atoms with Crippen LogP contribution in [0.25, 0.3) is 0 Å². The second kappa shape index (κ2) is 55.8. The Hall–Kier alpha value is -13.3. The number of nitrogens with one attached hydrogen (secondary N) is 5. The molecule has 1 aliphatic carbocycles. The van der Waals surface area contributed by atoms with E-state index in [1.54, 1.807) is 92.7 Å². The van der Waals surface area contributed by atoms with Crippen molar-refractivity contribution in [1.82, 2.24) is 26.6 Å². The Bertz CT molecular complexity index is 5930. The van der Waals surface area contributed by atoms with E-state index in [-0.39, 0.29) is 111 Å². The van der Waals surface area contributed by atoms with Crippen molar-refractivity contribution >= 4 is 71.0 Å². The second-order valence-electron chi connectivity index (χ2n) is 39.6. The van der Waals surface area contributed by atoms with E-state index in [2.05, 4.69) is 63.0 Å². The maximum Gasteiger partial charge on any atom is 0.416 e. The van der Waals surface area contributed by atoms with E-state index in [4.69, 9.17) is 75.0 Å². The minimum Gasteiger partial charge on any atom is -0.478 e. The highest BCUT2D eigenvalue weighted by Gasteiger charge is 2.47. The number of hydrogen-bond donors (Lipinski definition) is 10. The number of rotatable bonds is 43. The lowest BCUT2D eigenvalue weighted by Crippen LogP contribution is -2.44. The zero-order valence-electron chi connectivity index (χ0n) is 86.6. The first-order valence-corrected chi connectivity index (χ1v) is 50.4. The lowest BCUT2D eigenvalue weighted by atomic mass is 9.96. The monoisotopic (exact) mass is 2070 g/mol. The summed E-state index contributed by atoms with van der Waals surface area (Å²) in [6.07, 6.45) is -6.51. The molecular formula is C117H137ClF3N5O23. The molecular weight excluding hydrogens is 1940 g/mol. The number of carbonyl (C=O) groups excluding carboxylic acids is 5. The van der Waals surface area contributed by atoms with Crippen LogP contribution in [-0.2, 0) is 100 Å². The Morgan fingerprint density at radius 2 is 0.604 bits per heavy atom. The van der Waals surface area contributed by atoms with Crippen molar-refractivity contribution < 1.29 is 125 Å². The van der Waals surface area contributed by atoms with Gasteiger partial charge in [-0.1, -0.05) is 239 Å². The van der Waals surface area contributed by atoms with Crippen LogP contribution in [0.1, 0.15) is 294 Å². The van der Waals surface area contributed by atoms with E-state index >= 15 is 0 Å². The maximum absolute atomic E-state index is 12.9. The van der Waals surface area contributed by atoms with Gasteiger partial charge in [0.15, 0.2) is 0 Å². The highest BCUT2D eigenvalue weighted by molar-refractivity contribution is 6.30. The van der Waals surface area contributed by atoms with Gasteiger partial charge in [-0.15, -0.1) is 0 Å². The molecule has 0 radical (unpaired) electrons. The SMILES string of the molecule is CC(C)C(OCc1ccc(C2COC2)cc1)C(=O)N[C@@H](C)c1ccc(C(=O)O)cc1.CC(C)C(OCc1cccc(C2COC2)c1)C(=O)N[C@@H](C)c1ccc(C(=O)O)cc1.CC(C)C(OCc1cccc(C2COC2)c1)C(=O)N[C@@H](C)c1ccc(C(=O)O)cc1.CC(C)[C@@H](OCc1cccc(Cl)c1)C(=O)NC1(c2ccc(C(=O)O)cc2)CC1.CC(O[C@@H](C(=O)N[C@@H](C)c1ccc(C(=O)O)cc1)C(C)C)c1ccc(C(F)(F)F)cc1. The molecule has 10 atom stereocenters. The summed E-state index contributed by atoms with van der Waals surface area (Å²) >= 11 is 6.01. The molecule has 10 aromatic rings. The molecule has 4 fully saturated rings. The number of ether oxygens (including phenoxy) is 8. The number of aromatic carboxylic acids is 5. The summed E-state index contributed by atoms with van der Waals surface area (Å²) in [5.41, 5.74) is 12.3. The average molecular weight is 2070 g/mol. The number of carbonyl (C=O) groups is 10. The van der Waals surface area contributed by atoms with Gasteiger partial charge >= 0.3 is 36.0 Å². The van der Waals surface area contributed by atoms with Crippen molar-refractivity contribution in [2.45, 2.75) is 233 Å². The number of carboxylic acids is 5. The summed E-state index contributed by atoms with van der Waals surface area (Å²) in [4.78, 5) is 119. The Kier molecular flexibility index (Phi) is 44.0. The highest BCUT2D eigenvalue weighted by Crippen LogP contribution is 2.46. The summed E-state index contributed by atoms with van der Waals surface area (Å²) in [5.74, 6) is -4.73. The topological polar surface area (TPSA) is 406 Å². The lowest BCUT2D eigenvalue weighted by molar-refractivity contribution is -0.141. The number of hydrogen-bond acceptors (Lipinski definition) is 18. The predicted molar refractivity (Wildman–Crippen MR) is 557 cm³/mol. The Balaban J connectivity index is 0.000000190. The third-order valence-electron chi connectivity index (χ3n) is 26.1. The van der Waals surface area contributed by atoms with Crippen molar-refractivity contribution in [3.05, 3.63) is 353 Å². The number of carboxylic acid groups (broad SMARTS) is 5. The lowest BCUT2D eigenvalue weighted by Gasteiger charge is -2.27. The Labute approximate surface area is 873 Å². The van der Waals surface area contributed by atoms with Gasteiger partial charge in [0.1, 0.15) is 30.5 Å². The molecule has 4 aliphatic rings. The Morgan fingerprint density at radius 3 is 0.886 bits per heavy atom. The number of alkyl halides is 3. The van der Waals surface area contributed by atoms with Crippen LogP contribution in [0.15, 0.2) is 243 Å². The molecule has 10 aromatic carbocycles. The fourth-order valence-corrected chi connectivity index (χ4v) is 16.7. The first-order valence-electron chi connectivity index (χ1n) is 50.0. The van der Waals surface area contributed by atoms with E-state index in [0.29, 0.717) is 54.8 Å². The van der Waals surface area contributed by atoms with Crippen LogP contribution in [0.2, 0.25) is 5.02 Å². The number of halogens is 4. The van der Waals surface area contributed by atoms with Crippen LogP contribution in [0, 0.1) is 29.6 Å². The van der Waals surface area contributed by atoms with Crippen molar-refractivity contribution in [2.75, 3.05) is 39.6 Å². The highest BCUT2D eigenvalue weighted by atomic mass is 35.5. The summed E-state index contributed by atoms with van der Waals surface area (Å²) in [7, 11) is 0. The van der Waals surface area contributed by atoms with Crippen LogP contribution < -0.4 is 26.6 Å². The largest absolute Gasteiger partial charge is 0.478 e. The third kappa shape index (κ3) is 35.4. The van der Waals surface area contributed by atoms with E-state index < -0.39 is 83.7 Å². The normalized spacial score (nSPS) is 15.7. The van der Waals surface area contributed by atoms with Gasteiger partial charge in [-0.3, -0.25) is 24.0 Å². The first kappa shape index (κ1) is 118. The molecule has 149 heavy (non-hydrogen) atoms. The average Bonchev–Trinajstić information content (AvgIpc) is 1.61. The van der Waals surface area contributed by atoms with Gasteiger partial charge in [-0.2, -0.15) is 13.2 Å². The van der Waals surface area contributed by atoms with Gasteiger partial charge in [0.2, 0.25) is 29.5 Å². The van der Waals surface area contributed by atoms with Gasteiger partial charge in [-0.25, -0.2) is 24.0 Å². The van der Waals surface area contributed by atoms with Crippen LogP contribution in [0.3, 0.4) is 0 Å². The van der Waals surface area contributed by atoms with E-state index in [9.17, 15) is 61.1 Å². The quantitative estimate of drug-likeness (QED) is 0.0170. The van der Waals surface area contributed by atoms with E-state index in [1.165, 1.54) is 77.4 Å². The smallest absolute Gasteiger partial charge is 0.416 e. The standard InChI is InChI=1S/3C24H29NO5.C23H26F3NO4.C22H24ClNO4/c1-15(2)22(30-12-17-4-6-19(7-5-17)21-13-29-14-21)23(26)25-16(3)18-8-10-20(11-9-18)24(27)28;2*1-15(2)22(30-12-17-5-4-6-20(11-17)21-13-29-14-21)23(26)25-16(3)18-7-9-19(10-8-18)24(27)28;1-13(2)20(31-15(4)17-9-11-19(12-10-17)23(24,25)26)21(28)27-14(3)16-5-7-18(8-6-16)22(29)30;1-14(2)19(28-13-15-4-3-5-18(23)12-15)20(25)24-22(10-11-22)17-8-6-16(7-9-17)21(26)27/h3*4-11,15-16,21-22H,12-14H2,1-3H3,(H,25,26)(H,27,28);5-15,20H,1-4H3,(H,27,28)(H,29,30);3-9,12,14,19H,10-11,13H2,1-2H3,(H,24,25)(H,26,27)/t3*16-,22?;14-,15?,20+;19-/m00001/s1. The first-order chi connectivity index (χ1) is 70.7. The van der Waals surface area contributed by atoms with Crippen LogP contribution >= 0.6 is 11.6 Å². The van der Waals surface area contributed by atoms with Crippen molar-refractivity contribution in [3.8, 4) is 0 Å². The maximum atomic E-state index is 12.9. The summed E-state index contributed by atoms with van der Waals surface area (Å²) in [6.45, 7) is 34.3. The van der Waals surface area contributed by atoms with Crippen LogP contribution in [0.4, 0.5) is 13.2 Å². The summed E-state index contributed by atoms with van der Waals surface area (Å²) in [5, 5.41) is 60.6.